The van der Waals surface area contributed by atoms with Crippen LogP contribution >= 0.6 is 11.8 Å². The summed E-state index contributed by atoms with van der Waals surface area (Å²) >= 11 is 1.54. The molecule has 1 aromatic heterocycles. The van der Waals surface area contributed by atoms with Gasteiger partial charge in [0.25, 0.3) is 0 Å². The van der Waals surface area contributed by atoms with Gasteiger partial charge in [0.05, 0.1) is 17.6 Å². The predicted molar refractivity (Wildman–Crippen MR) is 87.0 cm³/mol. The van der Waals surface area contributed by atoms with Crippen molar-refractivity contribution in [3.8, 4) is 5.75 Å². The van der Waals surface area contributed by atoms with E-state index in [1.54, 1.807) is 11.8 Å². The van der Waals surface area contributed by atoms with Crippen LogP contribution in [0, 0.1) is 6.92 Å². The topological polar surface area (TPSA) is 63.9 Å². The number of imidazole rings is 1. The number of benzene rings is 2. The Morgan fingerprint density at radius 3 is 2.90 bits per heavy atom. The van der Waals surface area contributed by atoms with E-state index in [2.05, 4.69) is 23.0 Å². The smallest absolute Gasteiger partial charge is 0.171 e. The lowest BCUT2D eigenvalue weighted by Crippen LogP contribution is -1.90. The van der Waals surface area contributed by atoms with Crippen molar-refractivity contribution >= 4 is 28.5 Å². The Labute approximate surface area is 127 Å². The fourth-order valence-corrected chi connectivity index (χ4v) is 3.05. The van der Waals surface area contributed by atoms with Crippen molar-refractivity contribution in [2.24, 2.45) is 0 Å². The highest BCUT2D eigenvalue weighted by atomic mass is 32.2. The number of aromatic amines is 1. The Morgan fingerprint density at radius 1 is 1.24 bits per heavy atom. The summed E-state index contributed by atoms with van der Waals surface area (Å²) in [6.07, 6.45) is 0. The number of H-pyrrole nitrogens is 1. The standard InChI is InChI=1S/C16H17N3OS/c1-3-20-11-5-7-13-14(9-11)19-16(18-13)21-15-8-10(2)4-6-12(15)17/h4-9H,3,17H2,1-2H3,(H,18,19). The van der Waals surface area contributed by atoms with Gasteiger partial charge in [0.15, 0.2) is 5.16 Å². The Bertz CT molecular complexity index is 782. The molecule has 0 amide bonds. The van der Waals surface area contributed by atoms with Crippen molar-refractivity contribution in [1.29, 1.82) is 0 Å². The molecule has 2 aromatic carbocycles. The lowest BCUT2D eigenvalue weighted by atomic mass is 10.2. The van der Waals surface area contributed by atoms with Crippen molar-refractivity contribution in [2.75, 3.05) is 12.3 Å². The third kappa shape index (κ3) is 2.97. The summed E-state index contributed by atoms with van der Waals surface area (Å²) in [7, 11) is 0. The second-order valence-corrected chi connectivity index (χ2v) is 5.83. The number of nitrogens with one attached hydrogen (secondary N) is 1. The number of rotatable bonds is 4. The molecular formula is C16H17N3OS. The molecule has 0 radical (unpaired) electrons. The van der Waals surface area contributed by atoms with E-state index in [0.29, 0.717) is 6.61 Å². The molecule has 0 spiro atoms. The molecule has 0 unspecified atom stereocenters. The van der Waals surface area contributed by atoms with Gasteiger partial charge in [-0.25, -0.2) is 4.98 Å². The molecule has 0 aliphatic heterocycles. The largest absolute Gasteiger partial charge is 0.494 e. The molecule has 1 heterocycles. The molecule has 0 bridgehead atoms. The minimum absolute atomic E-state index is 0.654. The second-order valence-electron chi connectivity index (χ2n) is 4.80. The minimum atomic E-state index is 0.654. The summed E-state index contributed by atoms with van der Waals surface area (Å²) in [5.41, 5.74) is 9.85. The first-order valence-corrected chi connectivity index (χ1v) is 7.64. The molecular weight excluding hydrogens is 282 g/mol. The van der Waals surface area contributed by atoms with Crippen LogP contribution in [-0.2, 0) is 0 Å². The van der Waals surface area contributed by atoms with Gasteiger partial charge >= 0.3 is 0 Å². The number of fused-ring (bicyclic) bond motifs is 1. The van der Waals surface area contributed by atoms with Gasteiger partial charge in [0.1, 0.15) is 5.75 Å². The van der Waals surface area contributed by atoms with Crippen molar-refractivity contribution in [1.82, 2.24) is 9.97 Å². The van der Waals surface area contributed by atoms with Gasteiger partial charge in [-0.3, -0.25) is 0 Å². The normalized spacial score (nSPS) is 11.0. The van der Waals surface area contributed by atoms with Gasteiger partial charge < -0.3 is 15.5 Å². The lowest BCUT2D eigenvalue weighted by molar-refractivity contribution is 0.340. The molecule has 3 N–H and O–H groups in total. The van der Waals surface area contributed by atoms with E-state index in [1.165, 1.54) is 5.56 Å². The van der Waals surface area contributed by atoms with Crippen LogP contribution in [0.25, 0.3) is 11.0 Å². The highest BCUT2D eigenvalue weighted by molar-refractivity contribution is 7.99. The SMILES string of the molecule is CCOc1ccc2nc(Sc3cc(C)ccc3N)[nH]c2c1. The van der Waals surface area contributed by atoms with Gasteiger partial charge in [0, 0.05) is 16.6 Å². The summed E-state index contributed by atoms with van der Waals surface area (Å²) in [6.45, 7) is 4.68. The van der Waals surface area contributed by atoms with E-state index in [1.807, 2.05) is 37.3 Å². The zero-order valence-electron chi connectivity index (χ0n) is 12.0. The van der Waals surface area contributed by atoms with Crippen molar-refractivity contribution in [3.63, 3.8) is 0 Å². The molecule has 0 fully saturated rings. The van der Waals surface area contributed by atoms with Gasteiger partial charge in [-0.05, 0) is 55.4 Å². The van der Waals surface area contributed by atoms with E-state index < -0.39 is 0 Å². The first-order chi connectivity index (χ1) is 10.2. The number of nitrogen functional groups attached to an aromatic ring is 1. The monoisotopic (exact) mass is 299 g/mol. The van der Waals surface area contributed by atoms with Crippen molar-refractivity contribution < 1.29 is 4.74 Å². The average molecular weight is 299 g/mol. The second kappa shape index (κ2) is 5.69. The minimum Gasteiger partial charge on any atom is -0.494 e. The Balaban J connectivity index is 1.92. The first kappa shape index (κ1) is 13.8. The van der Waals surface area contributed by atoms with Crippen LogP contribution in [0.15, 0.2) is 46.5 Å². The van der Waals surface area contributed by atoms with E-state index in [-0.39, 0.29) is 0 Å². The maximum Gasteiger partial charge on any atom is 0.171 e. The summed E-state index contributed by atoms with van der Waals surface area (Å²) in [5, 5.41) is 0.830. The number of aromatic nitrogens is 2. The molecule has 0 saturated carbocycles. The van der Waals surface area contributed by atoms with Crippen LogP contribution in [0.3, 0.4) is 0 Å². The van der Waals surface area contributed by atoms with Crippen LogP contribution in [0.5, 0.6) is 5.75 Å². The number of aryl methyl sites for hydroxylation is 1. The molecule has 0 aliphatic carbocycles. The molecule has 108 valence electrons. The van der Waals surface area contributed by atoms with Gasteiger partial charge in [0.2, 0.25) is 0 Å². The fourth-order valence-electron chi connectivity index (χ4n) is 2.10. The lowest BCUT2D eigenvalue weighted by Gasteiger charge is -2.03. The summed E-state index contributed by atoms with van der Waals surface area (Å²) in [4.78, 5) is 8.90. The molecule has 4 nitrogen and oxygen atoms in total. The third-order valence-electron chi connectivity index (χ3n) is 3.12. The highest BCUT2D eigenvalue weighted by Gasteiger charge is 2.08. The van der Waals surface area contributed by atoms with E-state index >= 15 is 0 Å². The fraction of sp³-hybridized carbons (Fsp3) is 0.188. The number of hydrogen-bond acceptors (Lipinski definition) is 4. The third-order valence-corrected chi connectivity index (χ3v) is 4.08. The molecule has 0 aliphatic rings. The highest BCUT2D eigenvalue weighted by Crippen LogP contribution is 2.32. The number of ether oxygens (including phenoxy) is 1. The molecule has 5 heteroatoms. The average Bonchev–Trinajstić information content (AvgIpc) is 2.85. The number of nitrogens with two attached hydrogens (primary N) is 1. The summed E-state index contributed by atoms with van der Waals surface area (Å²) in [5.74, 6) is 0.847. The Morgan fingerprint density at radius 2 is 2.10 bits per heavy atom. The van der Waals surface area contributed by atoms with Crippen LogP contribution in [0.4, 0.5) is 5.69 Å². The van der Waals surface area contributed by atoms with Crippen LogP contribution in [-0.4, -0.2) is 16.6 Å². The van der Waals surface area contributed by atoms with Crippen LogP contribution < -0.4 is 10.5 Å². The number of nitrogens with zero attached hydrogens (tertiary/aromatic N) is 1. The molecule has 0 atom stereocenters. The predicted octanol–water partition coefficient (Wildman–Crippen LogP) is 4.00. The summed E-state index contributed by atoms with van der Waals surface area (Å²) < 4.78 is 5.50. The van der Waals surface area contributed by atoms with Gasteiger partial charge in [-0.15, -0.1) is 0 Å². The summed E-state index contributed by atoms with van der Waals surface area (Å²) in [6, 6.07) is 11.9. The molecule has 0 saturated heterocycles. The zero-order chi connectivity index (χ0) is 14.8. The van der Waals surface area contributed by atoms with Crippen molar-refractivity contribution in [2.45, 2.75) is 23.9 Å². The van der Waals surface area contributed by atoms with Crippen molar-refractivity contribution in [3.05, 3.63) is 42.0 Å². The van der Waals surface area contributed by atoms with Gasteiger partial charge in [-0.1, -0.05) is 6.07 Å². The molecule has 3 rings (SSSR count). The van der Waals surface area contributed by atoms with Crippen LogP contribution in [0.1, 0.15) is 12.5 Å². The number of anilines is 1. The Kier molecular flexibility index (Phi) is 3.75. The zero-order valence-corrected chi connectivity index (χ0v) is 12.8. The molecule has 21 heavy (non-hydrogen) atoms. The maximum atomic E-state index is 6.01. The Hall–Kier alpha value is -2.14. The quantitative estimate of drug-likeness (QED) is 0.715. The number of hydrogen-bond donors (Lipinski definition) is 2. The van der Waals surface area contributed by atoms with E-state index in [0.717, 1.165) is 32.5 Å². The molecule has 3 aromatic rings. The maximum absolute atomic E-state index is 6.01. The van der Waals surface area contributed by atoms with Gasteiger partial charge in [-0.2, -0.15) is 0 Å². The van der Waals surface area contributed by atoms with E-state index in [4.69, 9.17) is 10.5 Å². The van der Waals surface area contributed by atoms with Crippen LogP contribution in [0.2, 0.25) is 0 Å². The first-order valence-electron chi connectivity index (χ1n) is 6.82. The van der Waals surface area contributed by atoms with E-state index in [9.17, 15) is 0 Å².